The van der Waals surface area contributed by atoms with Crippen molar-refractivity contribution in [1.29, 1.82) is 0 Å². The minimum absolute atomic E-state index is 0.0184. The largest absolute Gasteiger partial charge is 0.383 e. The Morgan fingerprint density at radius 1 is 1.30 bits per heavy atom. The van der Waals surface area contributed by atoms with Gasteiger partial charge in [0.2, 0.25) is 0 Å². The van der Waals surface area contributed by atoms with Crippen molar-refractivity contribution in [3.8, 4) is 11.3 Å². The molecule has 1 unspecified atom stereocenters. The molecule has 1 atom stereocenters. The van der Waals surface area contributed by atoms with Gasteiger partial charge in [-0.15, -0.1) is 0 Å². The second-order valence-corrected chi connectivity index (χ2v) is 5.44. The number of hydrogen-bond donors (Lipinski definition) is 1. The summed E-state index contributed by atoms with van der Waals surface area (Å²) >= 11 is 0. The Morgan fingerprint density at radius 3 is 2.65 bits per heavy atom. The maximum absolute atomic E-state index is 12.6. The zero-order valence-corrected chi connectivity index (χ0v) is 11.3. The molecule has 1 aromatic heterocycles. The number of benzene rings is 1. The lowest BCUT2D eigenvalue weighted by Crippen LogP contribution is -2.19. The predicted molar refractivity (Wildman–Crippen MR) is 74.5 cm³/mol. The van der Waals surface area contributed by atoms with Crippen LogP contribution in [0.5, 0.6) is 0 Å². The molecule has 1 aromatic carbocycles. The number of hydrogen-bond acceptors (Lipinski definition) is 2. The van der Waals surface area contributed by atoms with Crippen molar-refractivity contribution in [2.75, 3.05) is 5.73 Å². The van der Waals surface area contributed by atoms with Crippen molar-refractivity contribution in [3.63, 3.8) is 0 Å². The third-order valence-electron chi connectivity index (χ3n) is 3.88. The minimum atomic E-state index is -2.45. The first-order valence-corrected chi connectivity index (χ1v) is 6.79. The maximum Gasteiger partial charge on any atom is 0.263 e. The van der Waals surface area contributed by atoms with Gasteiger partial charge in [-0.1, -0.05) is 31.2 Å². The van der Waals surface area contributed by atoms with E-state index < -0.39 is 6.43 Å². The summed E-state index contributed by atoms with van der Waals surface area (Å²) < 4.78 is 27.2. The van der Waals surface area contributed by atoms with Gasteiger partial charge in [0.1, 0.15) is 17.3 Å². The van der Waals surface area contributed by atoms with E-state index in [0.717, 1.165) is 30.8 Å². The molecule has 1 aliphatic rings. The number of fused-ring (bicyclic) bond motifs is 1. The van der Waals surface area contributed by atoms with E-state index in [1.54, 1.807) is 12.1 Å². The molecule has 1 aliphatic heterocycles. The highest BCUT2D eigenvalue weighted by atomic mass is 19.3. The van der Waals surface area contributed by atoms with E-state index in [2.05, 4.69) is 11.9 Å². The highest BCUT2D eigenvalue weighted by Crippen LogP contribution is 2.32. The third kappa shape index (κ3) is 2.17. The van der Waals surface area contributed by atoms with E-state index in [-0.39, 0.29) is 5.56 Å². The molecule has 0 aliphatic carbocycles. The van der Waals surface area contributed by atoms with Crippen LogP contribution in [-0.2, 0) is 13.0 Å². The monoisotopic (exact) mass is 277 g/mol. The van der Waals surface area contributed by atoms with Crippen LogP contribution in [0.1, 0.15) is 31.2 Å². The van der Waals surface area contributed by atoms with Gasteiger partial charge < -0.3 is 10.3 Å². The van der Waals surface area contributed by atoms with Gasteiger partial charge in [0.25, 0.3) is 6.43 Å². The van der Waals surface area contributed by atoms with E-state index in [9.17, 15) is 8.78 Å². The Kier molecular flexibility index (Phi) is 3.20. The summed E-state index contributed by atoms with van der Waals surface area (Å²) in [6, 6.07) is 6.19. The smallest absolute Gasteiger partial charge is 0.263 e. The van der Waals surface area contributed by atoms with Crippen LogP contribution in [-0.4, -0.2) is 9.55 Å². The fourth-order valence-electron chi connectivity index (χ4n) is 2.69. The first-order chi connectivity index (χ1) is 9.56. The molecule has 0 bridgehead atoms. The molecule has 0 saturated heterocycles. The van der Waals surface area contributed by atoms with Gasteiger partial charge in [-0.25, -0.2) is 13.8 Å². The van der Waals surface area contributed by atoms with Crippen LogP contribution in [0.25, 0.3) is 11.3 Å². The number of alkyl halides is 2. The number of anilines is 1. The SMILES string of the molecule is CC1CCc2nc(-c3ccc(C(F)F)cc3)c(N)n2C1. The van der Waals surface area contributed by atoms with Crippen LogP contribution in [0, 0.1) is 5.92 Å². The van der Waals surface area contributed by atoms with Gasteiger partial charge in [0, 0.05) is 24.1 Å². The van der Waals surface area contributed by atoms with Gasteiger partial charge in [-0.05, 0) is 12.3 Å². The molecule has 0 spiro atoms. The Hall–Kier alpha value is -1.91. The van der Waals surface area contributed by atoms with Crippen LogP contribution in [0.3, 0.4) is 0 Å². The van der Waals surface area contributed by atoms with Crippen LogP contribution in [0.15, 0.2) is 24.3 Å². The molecular weight excluding hydrogens is 260 g/mol. The Morgan fingerprint density at radius 2 is 2.00 bits per heavy atom. The average molecular weight is 277 g/mol. The zero-order chi connectivity index (χ0) is 14.3. The fourth-order valence-corrected chi connectivity index (χ4v) is 2.69. The normalized spacial score (nSPS) is 18.3. The van der Waals surface area contributed by atoms with E-state index in [0.29, 0.717) is 17.4 Å². The molecule has 5 heteroatoms. The quantitative estimate of drug-likeness (QED) is 0.910. The average Bonchev–Trinajstić information content (AvgIpc) is 2.76. The molecule has 2 aromatic rings. The van der Waals surface area contributed by atoms with Crippen LogP contribution >= 0.6 is 0 Å². The number of imidazole rings is 1. The van der Waals surface area contributed by atoms with E-state index >= 15 is 0 Å². The summed E-state index contributed by atoms with van der Waals surface area (Å²) in [4.78, 5) is 4.58. The standard InChI is InChI=1S/C15H17F2N3/c1-9-2-7-12-19-13(15(18)20(12)8-9)10-3-5-11(6-4-10)14(16)17/h3-6,9,14H,2,7-8,18H2,1H3. The van der Waals surface area contributed by atoms with Crippen LogP contribution in [0.4, 0.5) is 14.6 Å². The third-order valence-corrected chi connectivity index (χ3v) is 3.88. The second kappa shape index (κ2) is 4.89. The van der Waals surface area contributed by atoms with E-state index in [1.165, 1.54) is 12.1 Å². The fraction of sp³-hybridized carbons (Fsp3) is 0.400. The van der Waals surface area contributed by atoms with Crippen LogP contribution < -0.4 is 5.73 Å². The number of nitrogens with zero attached hydrogens (tertiary/aromatic N) is 2. The first kappa shape index (κ1) is 13.1. The van der Waals surface area contributed by atoms with E-state index in [1.807, 2.05) is 4.57 Å². The van der Waals surface area contributed by atoms with Crippen molar-refractivity contribution in [2.45, 2.75) is 32.7 Å². The summed E-state index contributed by atoms with van der Waals surface area (Å²) in [6.07, 6.45) is -0.418. The predicted octanol–water partition coefficient (Wildman–Crippen LogP) is 3.65. The molecule has 0 saturated carbocycles. The highest BCUT2D eigenvalue weighted by Gasteiger charge is 2.22. The number of nitrogen functional groups attached to an aromatic ring is 1. The second-order valence-electron chi connectivity index (χ2n) is 5.44. The summed E-state index contributed by atoms with van der Waals surface area (Å²) in [6.45, 7) is 3.07. The zero-order valence-electron chi connectivity index (χ0n) is 11.3. The number of aryl methyl sites for hydroxylation is 1. The molecule has 0 fully saturated rings. The number of nitrogens with two attached hydrogens (primary N) is 1. The van der Waals surface area contributed by atoms with Gasteiger partial charge in [0.05, 0.1) is 0 Å². The van der Waals surface area contributed by atoms with Crippen molar-refractivity contribution in [1.82, 2.24) is 9.55 Å². The molecule has 0 amide bonds. The van der Waals surface area contributed by atoms with Gasteiger partial charge >= 0.3 is 0 Å². The number of aromatic nitrogens is 2. The van der Waals surface area contributed by atoms with E-state index in [4.69, 9.17) is 5.73 Å². The number of rotatable bonds is 2. The molecule has 20 heavy (non-hydrogen) atoms. The van der Waals surface area contributed by atoms with Crippen molar-refractivity contribution in [2.24, 2.45) is 5.92 Å². The summed E-state index contributed by atoms with van der Waals surface area (Å²) in [7, 11) is 0. The number of halogens is 2. The molecule has 2 N–H and O–H groups in total. The molecule has 3 rings (SSSR count). The lowest BCUT2D eigenvalue weighted by molar-refractivity contribution is 0.151. The van der Waals surface area contributed by atoms with Gasteiger partial charge in [-0.2, -0.15) is 0 Å². The molecule has 0 radical (unpaired) electrons. The van der Waals surface area contributed by atoms with Crippen molar-refractivity contribution >= 4 is 5.82 Å². The first-order valence-electron chi connectivity index (χ1n) is 6.79. The molecule has 3 nitrogen and oxygen atoms in total. The maximum atomic E-state index is 12.6. The van der Waals surface area contributed by atoms with Gasteiger partial charge in [0.15, 0.2) is 0 Å². The highest BCUT2D eigenvalue weighted by molar-refractivity contribution is 5.71. The lowest BCUT2D eigenvalue weighted by Gasteiger charge is -2.20. The van der Waals surface area contributed by atoms with Crippen LogP contribution in [0.2, 0.25) is 0 Å². The Balaban J connectivity index is 1.98. The lowest BCUT2D eigenvalue weighted by atomic mass is 10.0. The minimum Gasteiger partial charge on any atom is -0.383 e. The van der Waals surface area contributed by atoms with Crippen molar-refractivity contribution < 1.29 is 8.78 Å². The Bertz CT molecular complexity index is 617. The molecule has 106 valence electrons. The Labute approximate surface area is 116 Å². The summed E-state index contributed by atoms with van der Waals surface area (Å²) in [5.41, 5.74) is 7.68. The van der Waals surface area contributed by atoms with Crippen molar-refractivity contribution in [3.05, 3.63) is 35.7 Å². The topological polar surface area (TPSA) is 43.8 Å². The van der Waals surface area contributed by atoms with Gasteiger partial charge in [-0.3, -0.25) is 0 Å². The molecular formula is C15H17F2N3. The molecule has 2 heterocycles. The summed E-state index contributed by atoms with van der Waals surface area (Å²) in [5, 5.41) is 0. The summed E-state index contributed by atoms with van der Waals surface area (Å²) in [5.74, 6) is 2.22.